The monoisotopic (exact) mass is 396 g/mol. The number of nitrogens with one attached hydrogen (secondary N) is 1. The van der Waals surface area contributed by atoms with Gasteiger partial charge in [-0.2, -0.15) is 0 Å². The summed E-state index contributed by atoms with van der Waals surface area (Å²) in [5.41, 5.74) is 0.0796. The molecule has 0 bridgehead atoms. The Morgan fingerprint density at radius 2 is 1.83 bits per heavy atom. The van der Waals surface area contributed by atoms with Gasteiger partial charge in [0.15, 0.2) is 0 Å². The molecule has 0 spiro atoms. The molecule has 1 aliphatic carbocycles. The molecule has 1 saturated heterocycles. The third kappa shape index (κ3) is 3.36. The van der Waals surface area contributed by atoms with Crippen LogP contribution in [0.2, 0.25) is 0 Å². The molecule has 1 aliphatic heterocycles. The van der Waals surface area contributed by atoms with Crippen molar-refractivity contribution in [3.8, 4) is 0 Å². The van der Waals surface area contributed by atoms with E-state index in [4.69, 9.17) is 0 Å². The zero-order valence-corrected chi connectivity index (χ0v) is 14.6. The third-order valence-electron chi connectivity index (χ3n) is 4.70. The fourth-order valence-electron chi connectivity index (χ4n) is 3.47. The summed E-state index contributed by atoms with van der Waals surface area (Å²) in [6.45, 7) is 0.0502. The number of carbonyl (C=O) groups is 3. The van der Waals surface area contributed by atoms with E-state index in [0.717, 1.165) is 25.7 Å². The van der Waals surface area contributed by atoms with Crippen molar-refractivity contribution in [1.29, 1.82) is 0 Å². The topological polar surface area (TPSA) is 66.5 Å². The number of likely N-dealkylation sites (tertiary alicyclic amines) is 1. The van der Waals surface area contributed by atoms with Gasteiger partial charge in [-0.25, -0.2) is 4.39 Å². The van der Waals surface area contributed by atoms with Gasteiger partial charge in [-0.1, -0.05) is 28.8 Å². The fraction of sp³-hybridized carbons (Fsp3) is 0.471. The van der Waals surface area contributed by atoms with Crippen LogP contribution in [0.3, 0.4) is 0 Å². The molecule has 2 fully saturated rings. The summed E-state index contributed by atoms with van der Waals surface area (Å²) in [5, 5.41) is 2.47. The minimum atomic E-state index is -0.544. The van der Waals surface area contributed by atoms with Crippen molar-refractivity contribution < 1.29 is 18.8 Å². The number of fused-ring (bicyclic) bond motifs is 1. The Kier molecular flexibility index (Phi) is 4.99. The van der Waals surface area contributed by atoms with Crippen LogP contribution >= 0.6 is 15.9 Å². The average Bonchev–Trinajstić information content (AvgIpc) is 2.80. The van der Waals surface area contributed by atoms with Gasteiger partial charge in [0.25, 0.3) is 0 Å². The molecule has 1 saturated carbocycles. The van der Waals surface area contributed by atoms with Crippen molar-refractivity contribution in [2.75, 3.05) is 11.9 Å². The second-order valence-corrected chi connectivity index (χ2v) is 7.16. The molecule has 1 aromatic carbocycles. The molecule has 7 heteroatoms. The van der Waals surface area contributed by atoms with Crippen LogP contribution in [0.5, 0.6) is 0 Å². The van der Waals surface area contributed by atoms with E-state index in [2.05, 4.69) is 21.2 Å². The lowest BCUT2D eigenvalue weighted by atomic mass is 9.81. The third-order valence-corrected chi connectivity index (χ3v) is 5.19. The van der Waals surface area contributed by atoms with E-state index < -0.39 is 11.7 Å². The Balaban J connectivity index is 1.58. The zero-order valence-electron chi connectivity index (χ0n) is 13.1. The Hall–Kier alpha value is -1.76. The van der Waals surface area contributed by atoms with Gasteiger partial charge in [0.2, 0.25) is 17.7 Å². The van der Waals surface area contributed by atoms with Crippen molar-refractivity contribution in [3.05, 3.63) is 28.5 Å². The van der Waals surface area contributed by atoms with Gasteiger partial charge in [0.1, 0.15) is 5.82 Å². The van der Waals surface area contributed by atoms with Crippen LogP contribution in [0, 0.1) is 17.7 Å². The van der Waals surface area contributed by atoms with Gasteiger partial charge in [-0.05, 0) is 31.0 Å². The molecule has 24 heavy (non-hydrogen) atoms. The molecule has 128 valence electrons. The average molecular weight is 397 g/mol. The molecular formula is C17H18BrFN2O3. The van der Waals surface area contributed by atoms with E-state index >= 15 is 0 Å². The van der Waals surface area contributed by atoms with Crippen molar-refractivity contribution >= 4 is 39.3 Å². The number of hydrogen-bond donors (Lipinski definition) is 1. The van der Waals surface area contributed by atoms with Gasteiger partial charge in [-0.3, -0.25) is 19.3 Å². The molecule has 0 aromatic heterocycles. The smallest absolute Gasteiger partial charge is 0.233 e. The maximum atomic E-state index is 13.7. The van der Waals surface area contributed by atoms with Crippen LogP contribution in [0.25, 0.3) is 0 Å². The van der Waals surface area contributed by atoms with Crippen molar-refractivity contribution in [3.63, 3.8) is 0 Å². The second-order valence-electron chi connectivity index (χ2n) is 6.25. The lowest BCUT2D eigenvalue weighted by Gasteiger charge is -2.19. The Morgan fingerprint density at radius 1 is 1.21 bits per heavy atom. The molecule has 0 radical (unpaired) electrons. The predicted molar refractivity (Wildman–Crippen MR) is 89.5 cm³/mol. The number of anilines is 1. The Bertz CT molecular complexity index is 670. The lowest BCUT2D eigenvalue weighted by Crippen LogP contribution is -2.34. The minimum absolute atomic E-state index is 0.0353. The number of hydrogen-bond acceptors (Lipinski definition) is 3. The maximum absolute atomic E-state index is 13.7. The van der Waals surface area contributed by atoms with Gasteiger partial charge < -0.3 is 5.32 Å². The number of carbonyl (C=O) groups excluding carboxylic acids is 3. The van der Waals surface area contributed by atoms with Crippen molar-refractivity contribution in [2.45, 2.75) is 32.1 Å². The molecule has 2 atom stereocenters. The largest absolute Gasteiger partial charge is 0.324 e. The fourth-order valence-corrected chi connectivity index (χ4v) is 3.80. The quantitative estimate of drug-likeness (QED) is 0.795. The highest BCUT2D eigenvalue weighted by molar-refractivity contribution is 9.10. The van der Waals surface area contributed by atoms with Crippen LogP contribution < -0.4 is 5.32 Å². The number of amides is 3. The van der Waals surface area contributed by atoms with E-state index in [0.29, 0.717) is 4.47 Å². The van der Waals surface area contributed by atoms with Gasteiger partial charge in [0.05, 0.1) is 17.5 Å². The normalized spacial score (nSPS) is 23.3. The number of benzene rings is 1. The predicted octanol–water partition coefficient (Wildman–Crippen LogP) is 3.09. The van der Waals surface area contributed by atoms with E-state index in [-0.39, 0.29) is 42.3 Å². The van der Waals surface area contributed by atoms with E-state index in [9.17, 15) is 18.8 Å². The molecule has 5 nitrogen and oxygen atoms in total. The first kappa shape index (κ1) is 17.1. The Labute approximate surface area is 147 Å². The SMILES string of the molecule is O=C(CCN1C(=O)[C@H]2CCCC[C@H]2C1=O)Nc1ccc(Br)cc1F. The molecule has 3 rings (SSSR count). The number of rotatable bonds is 4. The van der Waals surface area contributed by atoms with Gasteiger partial charge in [0, 0.05) is 17.4 Å². The molecule has 0 unspecified atom stereocenters. The molecule has 1 heterocycles. The van der Waals surface area contributed by atoms with E-state index in [1.165, 1.54) is 17.0 Å². The summed E-state index contributed by atoms with van der Waals surface area (Å²) in [5.74, 6) is -1.71. The van der Waals surface area contributed by atoms with E-state index in [1.54, 1.807) is 6.07 Å². The molecule has 1 aromatic rings. The van der Waals surface area contributed by atoms with Crippen LogP contribution in [0.1, 0.15) is 32.1 Å². The van der Waals surface area contributed by atoms with Gasteiger partial charge >= 0.3 is 0 Å². The van der Waals surface area contributed by atoms with Crippen LogP contribution in [0.15, 0.2) is 22.7 Å². The summed E-state index contributed by atoms with van der Waals surface area (Å²) in [6, 6.07) is 4.34. The first-order valence-corrected chi connectivity index (χ1v) is 8.87. The summed E-state index contributed by atoms with van der Waals surface area (Å²) < 4.78 is 14.3. The first-order chi connectivity index (χ1) is 11.5. The van der Waals surface area contributed by atoms with Crippen LogP contribution in [-0.2, 0) is 14.4 Å². The standard InChI is InChI=1S/C17H18BrFN2O3/c18-10-5-6-14(13(19)9-10)20-15(22)7-8-21-16(23)11-3-1-2-4-12(11)17(21)24/h5-6,9,11-12H,1-4,7-8H2,(H,20,22)/t11-,12+. The highest BCUT2D eigenvalue weighted by Crippen LogP contribution is 2.38. The number of imide groups is 1. The first-order valence-electron chi connectivity index (χ1n) is 8.07. The lowest BCUT2D eigenvalue weighted by molar-refractivity contribution is -0.140. The highest BCUT2D eigenvalue weighted by Gasteiger charge is 2.47. The van der Waals surface area contributed by atoms with Gasteiger partial charge in [-0.15, -0.1) is 0 Å². The van der Waals surface area contributed by atoms with Crippen molar-refractivity contribution in [1.82, 2.24) is 4.90 Å². The summed E-state index contributed by atoms with van der Waals surface area (Å²) in [6.07, 6.45) is 3.41. The molecule has 3 amide bonds. The molecule has 1 N–H and O–H groups in total. The van der Waals surface area contributed by atoms with Crippen LogP contribution in [0.4, 0.5) is 10.1 Å². The van der Waals surface area contributed by atoms with Crippen LogP contribution in [-0.4, -0.2) is 29.2 Å². The van der Waals surface area contributed by atoms with Crippen molar-refractivity contribution in [2.24, 2.45) is 11.8 Å². The summed E-state index contributed by atoms with van der Waals surface area (Å²) >= 11 is 3.15. The minimum Gasteiger partial charge on any atom is -0.324 e. The Morgan fingerprint density at radius 3 is 2.42 bits per heavy atom. The maximum Gasteiger partial charge on any atom is 0.233 e. The molecule has 2 aliphatic rings. The number of halogens is 2. The molecular weight excluding hydrogens is 379 g/mol. The zero-order chi connectivity index (χ0) is 17.3. The van der Waals surface area contributed by atoms with E-state index in [1.807, 2.05) is 0 Å². The summed E-state index contributed by atoms with van der Waals surface area (Å²) in [7, 11) is 0. The summed E-state index contributed by atoms with van der Waals surface area (Å²) in [4.78, 5) is 37.8. The highest BCUT2D eigenvalue weighted by atomic mass is 79.9. The second kappa shape index (κ2) is 7.01. The number of nitrogens with zero attached hydrogens (tertiary/aromatic N) is 1.